The lowest BCUT2D eigenvalue weighted by Gasteiger charge is -2.26. The molecule has 4 rings (SSSR count). The van der Waals surface area contributed by atoms with Crippen LogP contribution in [-0.4, -0.2) is 30.3 Å². The van der Waals surface area contributed by atoms with Crippen molar-refractivity contribution in [2.75, 3.05) is 19.1 Å². The summed E-state index contributed by atoms with van der Waals surface area (Å²) in [4.78, 5) is 13.6. The molecule has 1 N–H and O–H groups in total. The number of fused-ring (bicyclic) bond motifs is 1. The monoisotopic (exact) mass is 363 g/mol. The SMILES string of the molecule is COc1ccc(COc2cn[nH]c2-c2ccc3c(c2)CCC(=O)N3C)cc1. The predicted molar refractivity (Wildman–Crippen MR) is 103 cm³/mol. The van der Waals surface area contributed by atoms with E-state index < -0.39 is 0 Å². The Balaban J connectivity index is 1.54. The molecule has 2 heterocycles. The number of hydrogen-bond donors (Lipinski definition) is 1. The van der Waals surface area contributed by atoms with Crippen LogP contribution in [0.2, 0.25) is 0 Å². The van der Waals surface area contributed by atoms with Crippen molar-refractivity contribution < 1.29 is 14.3 Å². The Labute approximate surface area is 157 Å². The van der Waals surface area contributed by atoms with Gasteiger partial charge in [-0.25, -0.2) is 0 Å². The van der Waals surface area contributed by atoms with E-state index in [2.05, 4.69) is 16.3 Å². The Morgan fingerprint density at radius 2 is 1.96 bits per heavy atom. The Morgan fingerprint density at radius 3 is 2.74 bits per heavy atom. The van der Waals surface area contributed by atoms with Crippen LogP contribution in [0.5, 0.6) is 11.5 Å². The van der Waals surface area contributed by atoms with Crippen molar-refractivity contribution in [3.05, 3.63) is 59.8 Å². The summed E-state index contributed by atoms with van der Waals surface area (Å²) in [5, 5.41) is 7.17. The van der Waals surface area contributed by atoms with Crippen molar-refractivity contribution in [3.63, 3.8) is 0 Å². The number of H-pyrrole nitrogens is 1. The summed E-state index contributed by atoms with van der Waals surface area (Å²) in [5.74, 6) is 1.67. The highest BCUT2D eigenvalue weighted by Gasteiger charge is 2.21. The van der Waals surface area contributed by atoms with Gasteiger partial charge in [0, 0.05) is 24.7 Å². The van der Waals surface area contributed by atoms with Gasteiger partial charge < -0.3 is 14.4 Å². The number of benzene rings is 2. The molecule has 1 aliphatic rings. The van der Waals surface area contributed by atoms with Crippen LogP contribution in [0, 0.1) is 0 Å². The number of anilines is 1. The maximum absolute atomic E-state index is 11.9. The fourth-order valence-electron chi connectivity index (χ4n) is 3.29. The first kappa shape index (κ1) is 17.1. The summed E-state index contributed by atoms with van der Waals surface area (Å²) in [6, 6.07) is 13.9. The lowest BCUT2D eigenvalue weighted by Crippen LogP contribution is -2.30. The maximum Gasteiger partial charge on any atom is 0.227 e. The number of amides is 1. The number of ether oxygens (including phenoxy) is 2. The number of aromatic nitrogens is 2. The lowest BCUT2D eigenvalue weighted by atomic mass is 9.98. The average molecular weight is 363 g/mol. The molecule has 0 bridgehead atoms. The van der Waals surface area contributed by atoms with Gasteiger partial charge in [0.25, 0.3) is 0 Å². The van der Waals surface area contributed by atoms with Crippen LogP contribution in [0.4, 0.5) is 5.69 Å². The summed E-state index contributed by atoms with van der Waals surface area (Å²) in [7, 11) is 3.47. The van der Waals surface area contributed by atoms with Gasteiger partial charge in [0.05, 0.1) is 13.3 Å². The van der Waals surface area contributed by atoms with Crippen molar-refractivity contribution in [1.82, 2.24) is 10.2 Å². The second-order valence-electron chi connectivity index (χ2n) is 6.54. The number of carbonyl (C=O) groups excluding carboxylic acids is 1. The summed E-state index contributed by atoms with van der Waals surface area (Å²) in [5.41, 5.74) is 5.01. The summed E-state index contributed by atoms with van der Waals surface area (Å²) in [6.07, 6.45) is 2.98. The van der Waals surface area contributed by atoms with Gasteiger partial charge in [-0.3, -0.25) is 9.89 Å². The van der Waals surface area contributed by atoms with Crippen LogP contribution < -0.4 is 14.4 Å². The number of carbonyl (C=O) groups is 1. The van der Waals surface area contributed by atoms with Gasteiger partial charge in [0.2, 0.25) is 5.91 Å². The van der Waals surface area contributed by atoms with Gasteiger partial charge in [-0.1, -0.05) is 18.2 Å². The van der Waals surface area contributed by atoms with Crippen LogP contribution in [0.25, 0.3) is 11.3 Å². The fourth-order valence-corrected chi connectivity index (χ4v) is 3.29. The van der Waals surface area contributed by atoms with Gasteiger partial charge >= 0.3 is 0 Å². The molecule has 6 heteroatoms. The Morgan fingerprint density at radius 1 is 1.15 bits per heavy atom. The summed E-state index contributed by atoms with van der Waals surface area (Å²) in [6.45, 7) is 0.443. The van der Waals surface area contributed by atoms with Gasteiger partial charge in [-0.2, -0.15) is 5.10 Å². The third-order valence-electron chi connectivity index (χ3n) is 4.87. The molecular formula is C21H21N3O3. The van der Waals surface area contributed by atoms with Crippen molar-refractivity contribution in [2.45, 2.75) is 19.4 Å². The zero-order valence-corrected chi connectivity index (χ0v) is 15.4. The second kappa shape index (κ2) is 7.15. The Hall–Kier alpha value is -3.28. The summed E-state index contributed by atoms with van der Waals surface area (Å²) >= 11 is 0. The molecule has 138 valence electrons. The van der Waals surface area contributed by atoms with E-state index in [-0.39, 0.29) is 5.91 Å². The first-order valence-electron chi connectivity index (χ1n) is 8.84. The van der Waals surface area contributed by atoms with Gasteiger partial charge in [0.1, 0.15) is 18.1 Å². The molecule has 0 fully saturated rings. The third kappa shape index (κ3) is 3.38. The van der Waals surface area contributed by atoms with Crippen LogP contribution in [0.1, 0.15) is 17.5 Å². The van der Waals surface area contributed by atoms with Crippen LogP contribution in [-0.2, 0) is 17.8 Å². The second-order valence-corrected chi connectivity index (χ2v) is 6.54. The fraction of sp³-hybridized carbons (Fsp3) is 0.238. The van der Waals surface area contributed by atoms with Gasteiger partial charge in [-0.15, -0.1) is 0 Å². The summed E-state index contributed by atoms with van der Waals surface area (Å²) < 4.78 is 11.2. The minimum atomic E-state index is 0.153. The first-order valence-corrected chi connectivity index (χ1v) is 8.84. The molecule has 0 aliphatic carbocycles. The molecule has 1 aromatic heterocycles. The van der Waals surface area contributed by atoms with E-state index in [4.69, 9.17) is 9.47 Å². The molecule has 27 heavy (non-hydrogen) atoms. The highest BCUT2D eigenvalue weighted by molar-refractivity contribution is 5.96. The van der Waals surface area contributed by atoms with Crippen molar-refractivity contribution >= 4 is 11.6 Å². The van der Waals surface area contributed by atoms with Crippen molar-refractivity contribution in [2.24, 2.45) is 0 Å². The Bertz CT molecular complexity index is 963. The standard InChI is InChI=1S/C21H21N3O3/c1-24-18-9-5-16(11-15(18)6-10-20(24)25)21-19(12-22-23-21)27-13-14-3-7-17(26-2)8-4-14/h3-5,7-9,11-12H,6,10,13H2,1-2H3,(H,22,23). The molecule has 0 radical (unpaired) electrons. The van der Waals surface area contributed by atoms with Crippen LogP contribution in [0.15, 0.2) is 48.7 Å². The largest absolute Gasteiger partial charge is 0.497 e. The lowest BCUT2D eigenvalue weighted by molar-refractivity contribution is -0.118. The van der Waals surface area contributed by atoms with E-state index in [1.807, 2.05) is 43.4 Å². The Kier molecular flexibility index (Phi) is 4.54. The molecule has 2 aromatic carbocycles. The quantitative estimate of drug-likeness (QED) is 0.752. The van der Waals surface area contributed by atoms with Gasteiger partial charge in [-0.05, 0) is 41.8 Å². The van der Waals surface area contributed by atoms with Gasteiger partial charge in [0.15, 0.2) is 5.75 Å². The number of hydrogen-bond acceptors (Lipinski definition) is 4. The number of aromatic amines is 1. The van der Waals surface area contributed by atoms with Crippen LogP contribution in [0.3, 0.4) is 0 Å². The third-order valence-corrected chi connectivity index (χ3v) is 4.87. The molecule has 3 aromatic rings. The van der Waals surface area contributed by atoms with Crippen molar-refractivity contribution in [1.29, 1.82) is 0 Å². The molecule has 0 saturated heterocycles. The smallest absolute Gasteiger partial charge is 0.227 e. The topological polar surface area (TPSA) is 67.5 Å². The van der Waals surface area contributed by atoms with E-state index in [9.17, 15) is 4.79 Å². The number of nitrogens with one attached hydrogen (secondary N) is 1. The molecule has 1 aliphatic heterocycles. The first-order chi connectivity index (χ1) is 13.2. The zero-order chi connectivity index (χ0) is 18.8. The number of nitrogens with zero attached hydrogens (tertiary/aromatic N) is 2. The molecule has 0 unspecified atom stereocenters. The van der Waals surface area contributed by atoms with E-state index in [1.165, 1.54) is 0 Å². The highest BCUT2D eigenvalue weighted by Crippen LogP contribution is 2.34. The molecular weight excluding hydrogens is 342 g/mol. The van der Waals surface area contributed by atoms with E-state index >= 15 is 0 Å². The highest BCUT2D eigenvalue weighted by atomic mass is 16.5. The maximum atomic E-state index is 11.9. The van der Waals surface area contributed by atoms with Crippen molar-refractivity contribution in [3.8, 4) is 22.8 Å². The van der Waals surface area contributed by atoms with E-state index in [0.29, 0.717) is 18.8 Å². The molecule has 0 atom stereocenters. The average Bonchev–Trinajstić information content (AvgIpc) is 3.18. The van der Waals surface area contributed by atoms with E-state index in [1.54, 1.807) is 18.2 Å². The molecule has 6 nitrogen and oxygen atoms in total. The number of rotatable bonds is 5. The predicted octanol–water partition coefficient (Wildman–Crippen LogP) is 3.57. The number of methoxy groups -OCH3 is 1. The number of aryl methyl sites for hydroxylation is 1. The molecule has 1 amide bonds. The minimum absolute atomic E-state index is 0.153. The van der Waals surface area contributed by atoms with E-state index in [0.717, 1.165) is 40.2 Å². The van der Waals surface area contributed by atoms with Crippen LogP contribution >= 0.6 is 0 Å². The normalized spacial score (nSPS) is 13.4. The molecule has 0 saturated carbocycles. The molecule has 0 spiro atoms. The minimum Gasteiger partial charge on any atom is -0.497 e. The zero-order valence-electron chi connectivity index (χ0n) is 15.4.